The average Bonchev–Trinajstić information content (AvgIpc) is 3.29. The minimum atomic E-state index is -0.777. The van der Waals surface area contributed by atoms with Crippen LogP contribution in [0.1, 0.15) is 54.3 Å². The Labute approximate surface area is 209 Å². The normalized spacial score (nSPS) is 13.0. The first-order valence-electron chi connectivity index (χ1n) is 11.7. The molecule has 0 aliphatic carbocycles. The van der Waals surface area contributed by atoms with Gasteiger partial charge in [0.1, 0.15) is 5.60 Å². The van der Waals surface area contributed by atoms with Crippen LogP contribution in [0, 0.1) is 0 Å². The molecule has 4 aromatic rings. The lowest BCUT2D eigenvalue weighted by molar-refractivity contribution is -0.118. The number of Topliss-reactive ketones (excluding diaryl/α,β-unsaturated/α-hetero) is 1. The zero-order chi connectivity index (χ0) is 25.7. The number of aromatic amines is 1. The highest BCUT2D eigenvalue weighted by Crippen LogP contribution is 2.30. The molecular weight excluding hydrogens is 454 g/mol. The van der Waals surface area contributed by atoms with Gasteiger partial charge in [-0.05, 0) is 38.0 Å². The van der Waals surface area contributed by atoms with Crippen LogP contribution in [-0.4, -0.2) is 28.4 Å². The van der Waals surface area contributed by atoms with Gasteiger partial charge in [-0.1, -0.05) is 78.9 Å². The van der Waals surface area contributed by atoms with Gasteiger partial charge in [-0.25, -0.2) is 4.79 Å². The van der Waals surface area contributed by atoms with Gasteiger partial charge in [-0.3, -0.25) is 9.59 Å². The predicted octanol–water partition coefficient (Wildman–Crippen LogP) is 5.47. The van der Waals surface area contributed by atoms with Crippen molar-refractivity contribution in [3.05, 3.63) is 108 Å². The Morgan fingerprint density at radius 1 is 0.750 bits per heavy atom. The summed E-state index contributed by atoms with van der Waals surface area (Å²) in [7, 11) is 0. The number of ketones is 1. The highest BCUT2D eigenvalue weighted by molar-refractivity contribution is 6.45. The van der Waals surface area contributed by atoms with E-state index in [1.165, 1.54) is 6.20 Å². The largest absolute Gasteiger partial charge is 0.444 e. The molecule has 2 atom stereocenters. The third-order valence-electron chi connectivity index (χ3n) is 5.65. The number of carbonyl (C=O) groups excluding carboxylic acids is 3. The van der Waals surface area contributed by atoms with E-state index in [1.54, 1.807) is 26.8 Å². The second-order valence-corrected chi connectivity index (χ2v) is 9.47. The zero-order valence-corrected chi connectivity index (χ0v) is 20.4. The fraction of sp³-hybridized carbons (Fsp3) is 0.207. The van der Waals surface area contributed by atoms with E-state index in [-0.39, 0.29) is 5.56 Å². The monoisotopic (exact) mass is 483 g/mol. The molecule has 0 bridgehead atoms. The summed E-state index contributed by atoms with van der Waals surface area (Å²) in [4.78, 5) is 42.4. The number of alkyl carbamates (subject to hydrolysis) is 1. The molecule has 2 amide bonds. The zero-order valence-electron chi connectivity index (χ0n) is 20.4. The first kappa shape index (κ1) is 24.7. The average molecular weight is 484 g/mol. The number of rotatable bonds is 7. The second-order valence-electron chi connectivity index (χ2n) is 9.47. The summed E-state index contributed by atoms with van der Waals surface area (Å²) in [5, 5.41) is 6.45. The van der Waals surface area contributed by atoms with Crippen molar-refractivity contribution in [3.8, 4) is 0 Å². The molecule has 7 heteroatoms. The Balaban J connectivity index is 1.69. The van der Waals surface area contributed by atoms with E-state index in [4.69, 9.17) is 4.74 Å². The smallest absolute Gasteiger partial charge is 0.408 e. The van der Waals surface area contributed by atoms with Crippen LogP contribution in [-0.2, 0) is 9.53 Å². The van der Waals surface area contributed by atoms with Crippen LogP contribution in [0.3, 0.4) is 0 Å². The van der Waals surface area contributed by atoms with Gasteiger partial charge >= 0.3 is 6.09 Å². The molecule has 7 nitrogen and oxygen atoms in total. The maximum absolute atomic E-state index is 13.3. The van der Waals surface area contributed by atoms with Crippen LogP contribution in [0.15, 0.2) is 91.1 Å². The van der Waals surface area contributed by atoms with E-state index in [9.17, 15) is 14.4 Å². The summed E-state index contributed by atoms with van der Waals surface area (Å²) < 4.78 is 5.50. The van der Waals surface area contributed by atoms with Crippen molar-refractivity contribution in [2.45, 2.75) is 38.5 Å². The molecule has 184 valence electrons. The Hall–Kier alpha value is -4.39. The molecule has 1 heterocycles. The van der Waals surface area contributed by atoms with Crippen molar-refractivity contribution >= 4 is 28.7 Å². The molecule has 1 aromatic heterocycles. The van der Waals surface area contributed by atoms with Gasteiger partial charge < -0.3 is 20.4 Å². The number of ether oxygens (including phenoxy) is 1. The lowest BCUT2D eigenvalue weighted by Gasteiger charge is -2.30. The quantitative estimate of drug-likeness (QED) is 0.240. The standard InChI is InChI=1S/C29H29N3O4/c1-29(2,3)36-28(35)32-25(20-14-8-5-9-15-20)24(19-12-6-4-7-13-19)31-27(34)26(33)22-18-30-23-17-11-10-16-21(22)23/h4-18,24-25,30H,1-3H3,(H,31,34)(H,32,35)/t24-,25-/m0/s1. The van der Waals surface area contributed by atoms with Crippen molar-refractivity contribution in [3.63, 3.8) is 0 Å². The highest BCUT2D eigenvalue weighted by atomic mass is 16.6. The topological polar surface area (TPSA) is 100 Å². The minimum absolute atomic E-state index is 0.284. The molecular formula is C29H29N3O4. The van der Waals surface area contributed by atoms with Crippen molar-refractivity contribution in [1.82, 2.24) is 15.6 Å². The van der Waals surface area contributed by atoms with Gasteiger partial charge in [0.05, 0.1) is 17.6 Å². The van der Waals surface area contributed by atoms with Crippen LogP contribution in [0.4, 0.5) is 4.79 Å². The molecule has 0 unspecified atom stereocenters. The first-order valence-corrected chi connectivity index (χ1v) is 11.7. The summed E-state index contributed by atoms with van der Waals surface area (Å²) in [6.07, 6.45) is 0.909. The SMILES string of the molecule is CC(C)(C)OC(=O)N[C@@H](c1ccccc1)[C@@H](NC(=O)C(=O)c1c[nH]c2ccccc12)c1ccccc1. The number of aromatic nitrogens is 1. The lowest BCUT2D eigenvalue weighted by atomic mass is 9.93. The van der Waals surface area contributed by atoms with Gasteiger partial charge in [0.15, 0.2) is 0 Å². The highest BCUT2D eigenvalue weighted by Gasteiger charge is 2.32. The number of amides is 2. The summed E-state index contributed by atoms with van der Waals surface area (Å²) in [6, 6.07) is 24.3. The van der Waals surface area contributed by atoms with Gasteiger partial charge in [-0.2, -0.15) is 0 Å². The Bertz CT molecular complexity index is 1360. The Morgan fingerprint density at radius 3 is 1.86 bits per heavy atom. The van der Waals surface area contributed by atoms with Crippen molar-refractivity contribution in [2.24, 2.45) is 0 Å². The van der Waals surface area contributed by atoms with Crippen LogP contribution < -0.4 is 10.6 Å². The molecule has 3 aromatic carbocycles. The van der Waals surface area contributed by atoms with E-state index in [0.717, 1.165) is 16.6 Å². The number of nitrogens with one attached hydrogen (secondary N) is 3. The first-order chi connectivity index (χ1) is 17.2. The fourth-order valence-corrected chi connectivity index (χ4v) is 4.06. The van der Waals surface area contributed by atoms with Crippen molar-refractivity contribution < 1.29 is 19.1 Å². The van der Waals surface area contributed by atoms with Crippen molar-refractivity contribution in [1.29, 1.82) is 0 Å². The lowest BCUT2D eigenvalue weighted by Crippen LogP contribution is -2.44. The van der Waals surface area contributed by atoms with Crippen LogP contribution >= 0.6 is 0 Å². The third kappa shape index (κ3) is 5.81. The molecule has 36 heavy (non-hydrogen) atoms. The molecule has 3 N–H and O–H groups in total. The van der Waals surface area contributed by atoms with Crippen LogP contribution in [0.25, 0.3) is 10.9 Å². The molecule has 0 fully saturated rings. The summed E-state index contributed by atoms with van der Waals surface area (Å²) in [6.45, 7) is 5.33. The van der Waals surface area contributed by atoms with E-state index < -0.39 is 35.5 Å². The summed E-state index contributed by atoms with van der Waals surface area (Å²) >= 11 is 0. The number of H-pyrrole nitrogens is 1. The van der Waals surface area contributed by atoms with E-state index in [2.05, 4.69) is 15.6 Å². The van der Waals surface area contributed by atoms with Gasteiger partial charge in [0, 0.05) is 17.1 Å². The molecule has 4 rings (SSSR count). The maximum Gasteiger partial charge on any atom is 0.408 e. The molecule has 0 radical (unpaired) electrons. The number of carbonyl (C=O) groups is 3. The molecule has 0 aliphatic heterocycles. The minimum Gasteiger partial charge on any atom is -0.444 e. The molecule has 0 aliphatic rings. The Morgan fingerprint density at radius 2 is 1.28 bits per heavy atom. The fourth-order valence-electron chi connectivity index (χ4n) is 4.06. The van der Waals surface area contributed by atoms with Gasteiger partial charge in [-0.15, -0.1) is 0 Å². The van der Waals surface area contributed by atoms with Crippen LogP contribution in [0.2, 0.25) is 0 Å². The number of benzene rings is 3. The third-order valence-corrected chi connectivity index (χ3v) is 5.65. The van der Waals surface area contributed by atoms with E-state index in [0.29, 0.717) is 5.39 Å². The number of hydrogen-bond donors (Lipinski definition) is 3. The van der Waals surface area contributed by atoms with Gasteiger partial charge in [0.2, 0.25) is 0 Å². The van der Waals surface area contributed by atoms with Gasteiger partial charge in [0.25, 0.3) is 11.7 Å². The Kier molecular flexibility index (Phi) is 7.20. The maximum atomic E-state index is 13.3. The molecule has 0 saturated carbocycles. The molecule has 0 spiro atoms. The number of para-hydroxylation sites is 1. The second kappa shape index (κ2) is 10.5. The summed E-state index contributed by atoms with van der Waals surface area (Å²) in [5.74, 6) is -1.45. The van der Waals surface area contributed by atoms with Crippen LogP contribution in [0.5, 0.6) is 0 Å². The number of hydrogen-bond acceptors (Lipinski definition) is 4. The molecule has 0 saturated heterocycles. The summed E-state index contributed by atoms with van der Waals surface area (Å²) in [5.41, 5.74) is 1.81. The van der Waals surface area contributed by atoms with Crippen molar-refractivity contribution in [2.75, 3.05) is 0 Å². The van der Waals surface area contributed by atoms with E-state index >= 15 is 0 Å². The predicted molar refractivity (Wildman–Crippen MR) is 139 cm³/mol. The number of fused-ring (bicyclic) bond motifs is 1. The van der Waals surface area contributed by atoms with E-state index in [1.807, 2.05) is 78.9 Å².